The van der Waals surface area contributed by atoms with Gasteiger partial charge in [-0.1, -0.05) is 48.5 Å². The van der Waals surface area contributed by atoms with Gasteiger partial charge in [-0.05, 0) is 29.8 Å². The Labute approximate surface area is 200 Å². The molecule has 0 aliphatic rings. The normalized spacial score (nSPS) is 11.0. The summed E-state index contributed by atoms with van der Waals surface area (Å²) in [6, 6.07) is 22.4. The molecular formula is C25H28N2O6S. The summed E-state index contributed by atoms with van der Waals surface area (Å²) >= 11 is 0. The first-order valence-corrected chi connectivity index (χ1v) is 12.1. The van der Waals surface area contributed by atoms with E-state index < -0.39 is 22.5 Å². The van der Waals surface area contributed by atoms with E-state index in [1.165, 1.54) is 32.4 Å². The number of ether oxygens (including phenoxy) is 3. The molecular weight excluding hydrogens is 456 g/mol. The van der Waals surface area contributed by atoms with E-state index in [0.717, 1.165) is 9.87 Å². The van der Waals surface area contributed by atoms with Crippen molar-refractivity contribution < 1.29 is 27.4 Å². The number of benzene rings is 3. The third kappa shape index (κ3) is 6.49. The molecule has 1 N–H and O–H groups in total. The summed E-state index contributed by atoms with van der Waals surface area (Å²) < 4.78 is 44.2. The van der Waals surface area contributed by atoms with Crippen LogP contribution in [0.1, 0.15) is 5.56 Å². The predicted molar refractivity (Wildman–Crippen MR) is 130 cm³/mol. The van der Waals surface area contributed by atoms with Gasteiger partial charge in [0, 0.05) is 12.6 Å². The molecule has 0 aliphatic heterocycles. The Morgan fingerprint density at radius 2 is 1.59 bits per heavy atom. The van der Waals surface area contributed by atoms with Crippen LogP contribution in [0.3, 0.4) is 0 Å². The number of carbonyl (C=O) groups excluding carboxylic acids is 1. The van der Waals surface area contributed by atoms with Gasteiger partial charge in [-0.3, -0.25) is 9.10 Å². The third-order valence-electron chi connectivity index (χ3n) is 4.95. The smallest absolute Gasteiger partial charge is 0.264 e. The lowest BCUT2D eigenvalue weighted by molar-refractivity contribution is -0.119. The molecule has 3 aromatic rings. The topological polar surface area (TPSA) is 94.2 Å². The highest BCUT2D eigenvalue weighted by molar-refractivity contribution is 7.92. The average molecular weight is 485 g/mol. The van der Waals surface area contributed by atoms with Crippen molar-refractivity contribution in [2.45, 2.75) is 11.5 Å². The van der Waals surface area contributed by atoms with Gasteiger partial charge in [0.1, 0.15) is 18.0 Å². The van der Waals surface area contributed by atoms with Crippen LogP contribution < -0.4 is 19.1 Å². The molecule has 0 aliphatic carbocycles. The Bertz CT molecular complexity index is 1170. The van der Waals surface area contributed by atoms with Crippen molar-refractivity contribution in [1.82, 2.24) is 5.32 Å². The van der Waals surface area contributed by atoms with E-state index in [4.69, 9.17) is 14.2 Å². The number of amides is 1. The van der Waals surface area contributed by atoms with Gasteiger partial charge < -0.3 is 19.5 Å². The zero-order valence-electron chi connectivity index (χ0n) is 19.1. The fraction of sp³-hybridized carbons (Fsp3) is 0.240. The summed E-state index contributed by atoms with van der Waals surface area (Å²) in [6.45, 7) is 0.500. The second-order valence-electron chi connectivity index (χ2n) is 7.25. The van der Waals surface area contributed by atoms with Crippen molar-refractivity contribution in [3.8, 4) is 11.5 Å². The number of nitrogens with zero attached hydrogens (tertiary/aromatic N) is 1. The molecule has 9 heteroatoms. The van der Waals surface area contributed by atoms with Crippen molar-refractivity contribution in [2.75, 3.05) is 38.2 Å². The van der Waals surface area contributed by atoms with Crippen LogP contribution in [0.25, 0.3) is 0 Å². The summed E-state index contributed by atoms with van der Waals surface area (Å²) in [6.07, 6.45) is 0. The highest BCUT2D eigenvalue weighted by Gasteiger charge is 2.29. The zero-order valence-corrected chi connectivity index (χ0v) is 20.0. The molecule has 1 amide bonds. The monoisotopic (exact) mass is 484 g/mol. The molecule has 3 rings (SSSR count). The molecule has 8 nitrogen and oxygen atoms in total. The lowest BCUT2D eigenvalue weighted by Crippen LogP contribution is -2.41. The molecule has 34 heavy (non-hydrogen) atoms. The average Bonchev–Trinajstić information content (AvgIpc) is 2.87. The standard InChI is InChI=1S/C25H28N2O6S/c1-31-21-13-14-24(32-2)23(17-21)27(34(29,30)22-11-7-4-8-12-22)18-25(28)26-15-16-33-19-20-9-5-3-6-10-20/h3-14,17H,15-16,18-19H2,1-2H3,(H,26,28). The van der Waals surface area contributed by atoms with Crippen LogP contribution in [-0.2, 0) is 26.2 Å². The van der Waals surface area contributed by atoms with Crippen molar-refractivity contribution in [3.63, 3.8) is 0 Å². The van der Waals surface area contributed by atoms with Crippen LogP contribution in [0.15, 0.2) is 83.8 Å². The molecule has 0 aromatic heterocycles. The molecule has 0 bridgehead atoms. The van der Waals surface area contributed by atoms with Gasteiger partial charge in [0.25, 0.3) is 10.0 Å². The first-order valence-electron chi connectivity index (χ1n) is 10.6. The summed E-state index contributed by atoms with van der Waals surface area (Å²) in [7, 11) is -1.16. The van der Waals surface area contributed by atoms with Crippen molar-refractivity contribution in [3.05, 3.63) is 84.4 Å². The van der Waals surface area contributed by atoms with Gasteiger partial charge in [-0.2, -0.15) is 0 Å². The Kier molecular flexibility index (Phi) is 8.89. The maximum atomic E-state index is 13.5. The fourth-order valence-electron chi connectivity index (χ4n) is 3.22. The highest BCUT2D eigenvalue weighted by Crippen LogP contribution is 2.35. The molecule has 0 spiro atoms. The SMILES string of the molecule is COc1ccc(OC)c(N(CC(=O)NCCOCc2ccccc2)S(=O)(=O)c2ccccc2)c1. The lowest BCUT2D eigenvalue weighted by atomic mass is 10.2. The van der Waals surface area contributed by atoms with E-state index in [1.807, 2.05) is 30.3 Å². The molecule has 180 valence electrons. The molecule has 3 aromatic carbocycles. The number of hydrogen-bond acceptors (Lipinski definition) is 6. The van der Waals surface area contributed by atoms with Gasteiger partial charge in [0.15, 0.2) is 0 Å². The first-order chi connectivity index (χ1) is 16.5. The van der Waals surface area contributed by atoms with Crippen LogP contribution in [-0.4, -0.2) is 48.2 Å². The minimum Gasteiger partial charge on any atom is -0.497 e. The summed E-state index contributed by atoms with van der Waals surface area (Å²) in [5.74, 6) is 0.241. The van der Waals surface area contributed by atoms with E-state index in [9.17, 15) is 13.2 Å². The van der Waals surface area contributed by atoms with Crippen LogP contribution in [0.5, 0.6) is 11.5 Å². The van der Waals surface area contributed by atoms with Crippen LogP contribution >= 0.6 is 0 Å². The Hall–Kier alpha value is -3.56. The lowest BCUT2D eigenvalue weighted by Gasteiger charge is -2.26. The summed E-state index contributed by atoms with van der Waals surface area (Å²) in [4.78, 5) is 12.8. The summed E-state index contributed by atoms with van der Waals surface area (Å²) in [5, 5.41) is 2.72. The second-order valence-corrected chi connectivity index (χ2v) is 9.11. The van der Waals surface area contributed by atoms with Gasteiger partial charge in [0.2, 0.25) is 5.91 Å². The molecule has 0 unspecified atom stereocenters. The quantitative estimate of drug-likeness (QED) is 0.397. The van der Waals surface area contributed by atoms with Gasteiger partial charge in [-0.25, -0.2) is 8.42 Å². The van der Waals surface area contributed by atoms with Crippen molar-refractivity contribution >= 4 is 21.6 Å². The Morgan fingerprint density at radius 3 is 2.24 bits per heavy atom. The van der Waals surface area contributed by atoms with Gasteiger partial charge in [-0.15, -0.1) is 0 Å². The number of rotatable bonds is 12. The van der Waals surface area contributed by atoms with E-state index in [0.29, 0.717) is 18.1 Å². The van der Waals surface area contributed by atoms with E-state index in [1.54, 1.807) is 30.3 Å². The van der Waals surface area contributed by atoms with Crippen LogP contribution in [0.4, 0.5) is 5.69 Å². The molecule has 0 fully saturated rings. The highest BCUT2D eigenvalue weighted by atomic mass is 32.2. The van der Waals surface area contributed by atoms with Gasteiger partial charge in [0.05, 0.1) is 38.0 Å². The molecule has 0 radical (unpaired) electrons. The number of carbonyl (C=O) groups is 1. The Morgan fingerprint density at radius 1 is 0.912 bits per heavy atom. The van der Waals surface area contributed by atoms with Crippen molar-refractivity contribution in [2.24, 2.45) is 0 Å². The fourth-order valence-corrected chi connectivity index (χ4v) is 4.67. The summed E-state index contributed by atoms with van der Waals surface area (Å²) in [5.41, 5.74) is 1.22. The van der Waals surface area contributed by atoms with E-state index >= 15 is 0 Å². The molecule has 0 heterocycles. The number of hydrogen-bond donors (Lipinski definition) is 1. The largest absolute Gasteiger partial charge is 0.497 e. The van der Waals surface area contributed by atoms with E-state index in [2.05, 4.69) is 5.32 Å². The number of anilines is 1. The molecule has 0 saturated carbocycles. The maximum absolute atomic E-state index is 13.5. The first kappa shape index (κ1) is 25.1. The second kappa shape index (κ2) is 12.1. The molecule has 0 atom stereocenters. The maximum Gasteiger partial charge on any atom is 0.264 e. The Balaban J connectivity index is 1.75. The minimum absolute atomic E-state index is 0.0545. The van der Waals surface area contributed by atoms with Gasteiger partial charge >= 0.3 is 0 Å². The third-order valence-corrected chi connectivity index (χ3v) is 6.73. The number of methoxy groups -OCH3 is 2. The predicted octanol–water partition coefficient (Wildman–Crippen LogP) is 3.23. The van der Waals surface area contributed by atoms with Crippen LogP contribution in [0.2, 0.25) is 0 Å². The van der Waals surface area contributed by atoms with Crippen LogP contribution in [0, 0.1) is 0 Å². The minimum atomic E-state index is -4.07. The zero-order chi connectivity index (χ0) is 24.4. The van der Waals surface area contributed by atoms with Crippen molar-refractivity contribution in [1.29, 1.82) is 0 Å². The van der Waals surface area contributed by atoms with E-state index in [-0.39, 0.29) is 23.7 Å². The number of nitrogens with one attached hydrogen (secondary N) is 1. The number of sulfonamides is 1. The molecule has 0 saturated heterocycles.